The van der Waals surface area contributed by atoms with Crippen LogP contribution in [0.5, 0.6) is 0 Å². The van der Waals surface area contributed by atoms with Crippen molar-refractivity contribution in [3.8, 4) is 22.3 Å². The quantitative estimate of drug-likeness (QED) is 0.205. The van der Waals surface area contributed by atoms with Crippen molar-refractivity contribution in [2.75, 3.05) is 4.90 Å². The molecule has 0 amide bonds. The minimum atomic E-state index is -0.0916. The molecule has 214 valence electrons. The van der Waals surface area contributed by atoms with Gasteiger partial charge in [0.2, 0.25) is 0 Å². The monoisotopic (exact) mass is 567 g/mol. The van der Waals surface area contributed by atoms with Crippen LogP contribution >= 0.6 is 0 Å². The summed E-state index contributed by atoms with van der Waals surface area (Å²) in [5.41, 5.74) is 17.2. The van der Waals surface area contributed by atoms with Crippen molar-refractivity contribution in [1.29, 1.82) is 0 Å². The minimum absolute atomic E-state index is 0.0916. The Morgan fingerprint density at radius 1 is 0.455 bits per heavy atom. The first-order chi connectivity index (χ1) is 21.6. The minimum Gasteiger partial charge on any atom is -0.310 e. The summed E-state index contributed by atoms with van der Waals surface area (Å²) in [6.07, 6.45) is 4.08. The second-order valence-electron chi connectivity index (χ2n) is 12.9. The Labute approximate surface area is 261 Å². The maximum absolute atomic E-state index is 2.55. The van der Waals surface area contributed by atoms with Crippen molar-refractivity contribution in [3.63, 3.8) is 0 Å². The van der Waals surface area contributed by atoms with E-state index in [2.05, 4.69) is 158 Å². The molecule has 0 N–H and O–H groups in total. The Balaban J connectivity index is 1.39. The first-order valence-corrected chi connectivity index (χ1v) is 15.9. The van der Waals surface area contributed by atoms with E-state index in [-0.39, 0.29) is 5.41 Å². The summed E-state index contributed by atoms with van der Waals surface area (Å²) in [6, 6.07) is 52.4. The van der Waals surface area contributed by atoms with Crippen molar-refractivity contribution in [1.82, 2.24) is 0 Å². The van der Waals surface area contributed by atoms with Gasteiger partial charge in [-0.2, -0.15) is 0 Å². The van der Waals surface area contributed by atoms with Crippen LogP contribution in [0.15, 0.2) is 140 Å². The van der Waals surface area contributed by atoms with Gasteiger partial charge in [-0.15, -0.1) is 0 Å². The van der Waals surface area contributed by atoms with Gasteiger partial charge in [-0.05, 0) is 106 Å². The molecule has 0 spiro atoms. The number of benzene rings is 6. The van der Waals surface area contributed by atoms with Gasteiger partial charge in [0, 0.05) is 22.4 Å². The van der Waals surface area contributed by atoms with Gasteiger partial charge >= 0.3 is 0 Å². The van der Waals surface area contributed by atoms with Crippen LogP contribution in [0.1, 0.15) is 47.2 Å². The average Bonchev–Trinajstić information content (AvgIpc) is 3.29. The number of aryl methyl sites for hydroxylation is 4. The Hall–Kier alpha value is -4.88. The molecule has 0 aliphatic heterocycles. The number of rotatable bonds is 4. The summed E-state index contributed by atoms with van der Waals surface area (Å²) in [4.78, 5) is 2.55. The van der Waals surface area contributed by atoms with Crippen LogP contribution in [0.25, 0.3) is 22.3 Å². The fourth-order valence-corrected chi connectivity index (χ4v) is 7.38. The maximum atomic E-state index is 2.55. The largest absolute Gasteiger partial charge is 0.310 e. The van der Waals surface area contributed by atoms with Crippen molar-refractivity contribution in [3.05, 3.63) is 173 Å². The van der Waals surface area contributed by atoms with Crippen molar-refractivity contribution >= 4 is 17.1 Å². The topological polar surface area (TPSA) is 3.24 Å². The summed E-state index contributed by atoms with van der Waals surface area (Å²) in [7, 11) is 0. The summed E-state index contributed by atoms with van der Waals surface area (Å²) in [5, 5.41) is 0. The fraction of sp³-hybridized carbons (Fsp3) is 0.163. The zero-order valence-corrected chi connectivity index (χ0v) is 25.6. The van der Waals surface area contributed by atoms with E-state index < -0.39 is 0 Å². The Morgan fingerprint density at radius 2 is 1.07 bits per heavy atom. The molecule has 0 fully saturated rings. The van der Waals surface area contributed by atoms with Gasteiger partial charge in [-0.1, -0.05) is 123 Å². The Kier molecular flexibility index (Phi) is 6.49. The number of hydrogen-bond donors (Lipinski definition) is 0. The van der Waals surface area contributed by atoms with Gasteiger partial charge in [0.15, 0.2) is 0 Å². The Morgan fingerprint density at radius 3 is 1.82 bits per heavy atom. The molecule has 1 nitrogen and oxygen atoms in total. The molecule has 0 atom stereocenters. The van der Waals surface area contributed by atoms with E-state index >= 15 is 0 Å². The molecule has 44 heavy (non-hydrogen) atoms. The predicted molar refractivity (Wildman–Crippen MR) is 185 cm³/mol. The lowest BCUT2D eigenvalue weighted by Crippen LogP contribution is -2.18. The van der Waals surface area contributed by atoms with Crippen LogP contribution in [0.2, 0.25) is 0 Å². The van der Waals surface area contributed by atoms with Crippen LogP contribution in [0, 0.1) is 0 Å². The van der Waals surface area contributed by atoms with Gasteiger partial charge in [0.25, 0.3) is 0 Å². The normalized spacial score (nSPS) is 14.4. The van der Waals surface area contributed by atoms with Crippen LogP contribution in [0.4, 0.5) is 17.1 Å². The molecule has 6 aromatic carbocycles. The summed E-state index contributed by atoms with van der Waals surface area (Å²) in [6.45, 7) is 4.76. The third kappa shape index (κ3) is 4.55. The standard InChI is InChI=1S/C43H37N/c1-43(2)39-16-10-9-15-36(39)38-28-37(33-11-5-3-6-12-33)42(29-40(38)43)44(35-13-7-4-8-14-35)41-27-32-22-21-30-17-19-31(20-18-30)23-25-34(41)26-24-32/h3-20,24,26-29H,21-23,25H2,1-2H3. The third-order valence-electron chi connectivity index (χ3n) is 9.84. The molecule has 0 saturated carbocycles. The summed E-state index contributed by atoms with van der Waals surface area (Å²) < 4.78 is 0. The molecule has 6 aromatic rings. The lowest BCUT2D eigenvalue weighted by molar-refractivity contribution is 0.660. The molecule has 0 aromatic heterocycles. The Bertz CT molecular complexity index is 1970. The van der Waals surface area contributed by atoms with Crippen molar-refractivity contribution < 1.29 is 0 Å². The lowest BCUT2D eigenvalue weighted by Gasteiger charge is -2.32. The predicted octanol–water partition coefficient (Wildman–Crippen LogP) is 11.0. The number of hydrogen-bond acceptors (Lipinski definition) is 1. The number of fused-ring (bicyclic) bond motifs is 3. The molecule has 0 unspecified atom stereocenters. The molecule has 11 rings (SSSR count). The first-order valence-electron chi connectivity index (χ1n) is 15.9. The van der Waals surface area contributed by atoms with Gasteiger partial charge < -0.3 is 4.90 Å². The number of anilines is 3. The number of nitrogens with zero attached hydrogens (tertiary/aromatic N) is 1. The highest BCUT2D eigenvalue weighted by Crippen LogP contribution is 2.53. The van der Waals surface area contributed by atoms with Gasteiger partial charge in [0.1, 0.15) is 0 Å². The highest BCUT2D eigenvalue weighted by Gasteiger charge is 2.37. The van der Waals surface area contributed by atoms with E-state index in [1.165, 1.54) is 72.7 Å². The molecule has 0 saturated heterocycles. The molecule has 0 radical (unpaired) electrons. The first kappa shape index (κ1) is 26.7. The fourth-order valence-electron chi connectivity index (χ4n) is 7.38. The summed E-state index contributed by atoms with van der Waals surface area (Å²) >= 11 is 0. The molecular formula is C43H37N. The van der Waals surface area contributed by atoms with Gasteiger partial charge in [0.05, 0.1) is 5.69 Å². The molecule has 1 heteroatoms. The maximum Gasteiger partial charge on any atom is 0.0543 e. The van der Waals surface area contributed by atoms with Crippen molar-refractivity contribution in [2.24, 2.45) is 0 Å². The van der Waals surface area contributed by atoms with E-state index in [4.69, 9.17) is 0 Å². The molecular weight excluding hydrogens is 530 g/mol. The third-order valence-corrected chi connectivity index (χ3v) is 9.84. The molecule has 5 aliphatic rings. The molecule has 0 heterocycles. The highest BCUT2D eigenvalue weighted by atomic mass is 15.1. The number of para-hydroxylation sites is 1. The second-order valence-corrected chi connectivity index (χ2v) is 12.9. The van der Waals surface area contributed by atoms with E-state index in [1.54, 1.807) is 0 Å². The average molecular weight is 568 g/mol. The van der Waals surface area contributed by atoms with Crippen LogP contribution in [-0.4, -0.2) is 0 Å². The van der Waals surface area contributed by atoms with Gasteiger partial charge in [-0.25, -0.2) is 0 Å². The zero-order chi connectivity index (χ0) is 29.7. The molecule has 5 aliphatic carbocycles. The lowest BCUT2D eigenvalue weighted by atomic mass is 9.81. The zero-order valence-electron chi connectivity index (χ0n) is 25.6. The van der Waals surface area contributed by atoms with Gasteiger partial charge in [-0.3, -0.25) is 0 Å². The smallest absolute Gasteiger partial charge is 0.0543 e. The highest BCUT2D eigenvalue weighted by molar-refractivity contribution is 5.95. The molecule has 4 bridgehead atoms. The van der Waals surface area contributed by atoms with E-state index in [1.807, 2.05) is 0 Å². The summed E-state index contributed by atoms with van der Waals surface area (Å²) in [5.74, 6) is 0. The van der Waals surface area contributed by atoms with E-state index in [0.29, 0.717) is 0 Å². The van der Waals surface area contributed by atoms with Crippen LogP contribution in [-0.2, 0) is 31.1 Å². The van der Waals surface area contributed by atoms with Crippen LogP contribution in [0.3, 0.4) is 0 Å². The second kappa shape index (κ2) is 10.7. The van der Waals surface area contributed by atoms with Crippen molar-refractivity contribution in [2.45, 2.75) is 44.9 Å². The van der Waals surface area contributed by atoms with Crippen LogP contribution < -0.4 is 4.90 Å². The SMILES string of the molecule is CC1(C)c2ccccc2-c2cc(-c3ccccc3)c(N(c3ccccc3)c3cc4ccc3CCc3ccc(cc3)CC4)cc21. The van der Waals surface area contributed by atoms with E-state index in [0.717, 1.165) is 25.7 Å². The van der Waals surface area contributed by atoms with E-state index in [9.17, 15) is 0 Å².